The van der Waals surface area contributed by atoms with Crippen LogP contribution >= 0.6 is 0 Å². The van der Waals surface area contributed by atoms with Gasteiger partial charge in [-0.25, -0.2) is 0 Å². The number of aliphatic hydroxyl groups is 2. The molecule has 2 atom stereocenters. The summed E-state index contributed by atoms with van der Waals surface area (Å²) in [5.74, 6) is -1.36. The summed E-state index contributed by atoms with van der Waals surface area (Å²) >= 11 is 0. The number of carbonyl (C=O) groups is 2. The predicted octanol–water partition coefficient (Wildman–Crippen LogP) is -2.59. The van der Waals surface area contributed by atoms with Crippen molar-refractivity contribution in [3.63, 3.8) is 0 Å². The Hall–Kier alpha value is -1.08. The van der Waals surface area contributed by atoms with Crippen molar-refractivity contribution in [3.8, 4) is 0 Å². The van der Waals surface area contributed by atoms with Crippen LogP contribution in [0.25, 0.3) is 0 Å². The van der Waals surface area contributed by atoms with Gasteiger partial charge in [-0.05, 0) is 0 Å². The molecule has 7 heteroatoms. The van der Waals surface area contributed by atoms with Crippen molar-refractivity contribution in [2.24, 2.45) is 0 Å². The van der Waals surface area contributed by atoms with Crippen LogP contribution in [-0.2, 0) is 18.9 Å². The van der Waals surface area contributed by atoms with Gasteiger partial charge in [-0.1, -0.05) is 0 Å². The van der Waals surface area contributed by atoms with Gasteiger partial charge < -0.3 is 0 Å². The molecule has 0 radical (unpaired) electrons. The molecule has 0 aliphatic carbocycles. The number of hydrogen-bond acceptors (Lipinski definition) is 6. The second-order valence-corrected chi connectivity index (χ2v) is 1.60. The maximum absolute atomic E-state index is 10.3. The Morgan fingerprint density at radius 2 is 2.09 bits per heavy atom. The van der Waals surface area contributed by atoms with Crippen molar-refractivity contribution >= 4 is 19.6 Å². The van der Waals surface area contributed by atoms with Gasteiger partial charge in [0.2, 0.25) is 0 Å². The van der Waals surface area contributed by atoms with Crippen LogP contribution in [-0.4, -0.2) is 42.0 Å². The average molecular weight is 160 g/mol. The SMILES string of the molecule is O=BOC(=O)C(O)C(O)C=O. The van der Waals surface area contributed by atoms with Crippen LogP contribution in [0.3, 0.4) is 0 Å². The minimum atomic E-state index is -2.00. The van der Waals surface area contributed by atoms with Crippen LogP contribution in [0.2, 0.25) is 0 Å². The molecule has 0 saturated carbocycles. The third-order valence-electron chi connectivity index (χ3n) is 0.869. The van der Waals surface area contributed by atoms with E-state index in [1.165, 1.54) is 0 Å². The van der Waals surface area contributed by atoms with Crippen molar-refractivity contribution in [2.75, 3.05) is 0 Å². The van der Waals surface area contributed by atoms with E-state index < -0.39 is 18.2 Å². The van der Waals surface area contributed by atoms with E-state index >= 15 is 0 Å². The summed E-state index contributed by atoms with van der Waals surface area (Å²) in [4.78, 5) is 20.1. The molecular weight excluding hydrogens is 155 g/mol. The van der Waals surface area contributed by atoms with Gasteiger partial charge in [0.1, 0.15) is 0 Å². The Bertz CT molecular complexity index is 168. The number of aliphatic hydroxyl groups excluding tert-OH is 2. The third kappa shape index (κ3) is 3.01. The molecule has 60 valence electrons. The molecule has 0 aromatic carbocycles. The van der Waals surface area contributed by atoms with E-state index in [-0.39, 0.29) is 13.6 Å². The molecule has 0 aromatic rings. The Morgan fingerprint density at radius 1 is 1.55 bits per heavy atom. The first-order chi connectivity index (χ1) is 5.13. The zero-order valence-corrected chi connectivity index (χ0v) is 5.34. The molecule has 11 heavy (non-hydrogen) atoms. The predicted molar refractivity (Wildman–Crippen MR) is 30.6 cm³/mol. The Balaban J connectivity index is 4.00. The summed E-state index contributed by atoms with van der Waals surface area (Å²) in [6.07, 6.45) is -3.91. The quantitative estimate of drug-likeness (QED) is 0.345. The molecule has 0 rings (SSSR count). The number of hydrogen-bond donors (Lipinski definition) is 2. The number of carbonyl (C=O) groups excluding carboxylic acids is 2. The second-order valence-electron chi connectivity index (χ2n) is 1.60. The maximum atomic E-state index is 10.3. The van der Waals surface area contributed by atoms with Gasteiger partial charge in [-0.15, -0.1) is 0 Å². The summed E-state index contributed by atoms with van der Waals surface area (Å²) in [6.45, 7) is 0. The van der Waals surface area contributed by atoms with Crippen LogP contribution in [0.15, 0.2) is 0 Å². The van der Waals surface area contributed by atoms with Gasteiger partial charge in [-0.3, -0.25) is 0 Å². The van der Waals surface area contributed by atoms with E-state index in [9.17, 15) is 14.3 Å². The van der Waals surface area contributed by atoms with Gasteiger partial charge in [0.25, 0.3) is 0 Å². The van der Waals surface area contributed by atoms with Crippen molar-refractivity contribution in [1.29, 1.82) is 0 Å². The van der Waals surface area contributed by atoms with Gasteiger partial charge in [-0.2, -0.15) is 0 Å². The Morgan fingerprint density at radius 3 is 2.45 bits per heavy atom. The fraction of sp³-hybridized carbons (Fsp3) is 0.500. The first-order valence-electron chi connectivity index (χ1n) is 2.59. The molecule has 0 aliphatic rings. The normalized spacial score (nSPS) is 14.4. The molecule has 6 nitrogen and oxygen atoms in total. The van der Waals surface area contributed by atoms with Gasteiger partial charge >= 0.3 is 61.0 Å². The molecular formula is C4H5BO6. The molecule has 0 aromatic heterocycles. The van der Waals surface area contributed by atoms with Gasteiger partial charge in [0.05, 0.1) is 0 Å². The molecule has 2 unspecified atom stereocenters. The Labute approximate surface area is 62.1 Å². The summed E-state index contributed by atoms with van der Waals surface area (Å²) in [7, 11) is -0.205. The van der Waals surface area contributed by atoms with E-state index in [4.69, 9.17) is 10.2 Å². The number of aldehydes is 1. The molecule has 0 saturated heterocycles. The fourth-order valence-electron chi connectivity index (χ4n) is 0.331. The van der Waals surface area contributed by atoms with E-state index in [2.05, 4.69) is 4.65 Å². The van der Waals surface area contributed by atoms with Crippen molar-refractivity contribution < 1.29 is 29.2 Å². The van der Waals surface area contributed by atoms with E-state index in [1.54, 1.807) is 0 Å². The second kappa shape index (κ2) is 4.70. The topological polar surface area (TPSA) is 101 Å². The standard InChI is InChI=1S/C4H5BO6/c6-1-2(7)3(8)4(9)11-5-10/h1-3,7-8H. The molecule has 0 bridgehead atoms. The van der Waals surface area contributed by atoms with Crippen LogP contribution in [0.4, 0.5) is 0 Å². The van der Waals surface area contributed by atoms with Crippen molar-refractivity contribution in [3.05, 3.63) is 0 Å². The molecule has 0 fully saturated rings. The van der Waals surface area contributed by atoms with Crippen molar-refractivity contribution in [2.45, 2.75) is 12.2 Å². The summed E-state index contributed by atoms with van der Waals surface area (Å²) in [5.41, 5.74) is 0. The minimum absolute atomic E-state index is 0.0449. The molecule has 0 heterocycles. The zero-order chi connectivity index (χ0) is 8.85. The first-order valence-corrected chi connectivity index (χ1v) is 2.59. The van der Waals surface area contributed by atoms with Crippen molar-refractivity contribution in [1.82, 2.24) is 0 Å². The zero-order valence-electron chi connectivity index (χ0n) is 5.34. The van der Waals surface area contributed by atoms with Crippen LogP contribution in [0.5, 0.6) is 0 Å². The first kappa shape index (κ1) is 9.92. The monoisotopic (exact) mass is 160 g/mol. The summed E-state index contributed by atoms with van der Waals surface area (Å²) < 4.78 is 13.1. The van der Waals surface area contributed by atoms with Crippen LogP contribution in [0, 0.1) is 0 Å². The van der Waals surface area contributed by atoms with E-state index in [1.807, 2.05) is 0 Å². The Kier molecular flexibility index (Phi) is 4.24. The van der Waals surface area contributed by atoms with Gasteiger partial charge in [0.15, 0.2) is 0 Å². The average Bonchev–Trinajstić information content (AvgIpc) is 2.02. The van der Waals surface area contributed by atoms with Gasteiger partial charge in [0, 0.05) is 0 Å². The van der Waals surface area contributed by atoms with E-state index in [0.717, 1.165) is 0 Å². The molecule has 0 spiro atoms. The molecule has 0 amide bonds. The molecule has 0 aliphatic heterocycles. The summed E-state index contributed by atoms with van der Waals surface area (Å²) in [5, 5.41) is 17.1. The van der Waals surface area contributed by atoms with Crippen LogP contribution in [0.1, 0.15) is 0 Å². The summed E-state index contributed by atoms with van der Waals surface area (Å²) in [6, 6.07) is 0. The molecule has 2 N–H and O–H groups in total. The third-order valence-corrected chi connectivity index (χ3v) is 0.869. The fourth-order valence-corrected chi connectivity index (χ4v) is 0.331. The number of rotatable bonds is 4. The van der Waals surface area contributed by atoms with E-state index in [0.29, 0.717) is 0 Å². The van der Waals surface area contributed by atoms with Crippen LogP contribution < -0.4 is 0 Å².